The SMILES string of the molecule is CSc1cc2c(CCc3ccccc3)nccn2c1N.CSc1cc2c(CCc3ccccc3)nccn2c1N.O=C(O)CC(=O)O. The van der Waals surface area contributed by atoms with Crippen molar-refractivity contribution in [1.29, 1.82) is 0 Å². The molecule has 6 N–H and O–H groups in total. The number of aromatic nitrogens is 4. The smallest absolute Gasteiger partial charge is 0.314 e. The van der Waals surface area contributed by atoms with Crippen LogP contribution in [0.1, 0.15) is 28.9 Å². The molecule has 6 aromatic rings. The maximum Gasteiger partial charge on any atom is 0.314 e. The average molecular weight is 671 g/mol. The highest BCUT2D eigenvalue weighted by Crippen LogP contribution is 2.29. The second kappa shape index (κ2) is 17.1. The minimum atomic E-state index is -1.31. The van der Waals surface area contributed by atoms with Crippen molar-refractivity contribution >= 4 is 58.1 Å². The number of nitrogen functional groups attached to an aromatic ring is 2. The van der Waals surface area contributed by atoms with Gasteiger partial charge in [0, 0.05) is 34.6 Å². The number of anilines is 2. The van der Waals surface area contributed by atoms with Crippen LogP contribution in [-0.4, -0.2) is 53.4 Å². The number of carboxylic acids is 2. The van der Waals surface area contributed by atoms with E-state index in [1.807, 2.05) is 58.2 Å². The number of nitrogens with two attached hydrogens (primary N) is 2. The van der Waals surface area contributed by atoms with Gasteiger partial charge in [-0.25, -0.2) is 0 Å². The van der Waals surface area contributed by atoms with Gasteiger partial charge in [-0.3, -0.25) is 28.4 Å². The molecule has 0 fully saturated rings. The molecule has 0 unspecified atom stereocenters. The zero-order valence-electron chi connectivity index (χ0n) is 26.2. The van der Waals surface area contributed by atoms with Gasteiger partial charge in [-0.15, -0.1) is 23.5 Å². The van der Waals surface area contributed by atoms with Crippen LogP contribution >= 0.6 is 23.5 Å². The topological polar surface area (TPSA) is 161 Å². The number of rotatable bonds is 10. The Kier molecular flexibility index (Phi) is 12.7. The Labute approximate surface area is 281 Å². The molecule has 0 spiro atoms. The monoisotopic (exact) mass is 670 g/mol. The Bertz CT molecular complexity index is 1790. The molecule has 0 saturated heterocycles. The predicted octanol–water partition coefficient (Wildman–Crippen LogP) is 6.39. The molecule has 0 amide bonds. The molecule has 0 radical (unpaired) electrons. The summed E-state index contributed by atoms with van der Waals surface area (Å²) in [4.78, 5) is 30.1. The molecule has 0 aliphatic carbocycles. The molecule has 244 valence electrons. The quantitative estimate of drug-likeness (QED) is 0.0949. The van der Waals surface area contributed by atoms with Crippen molar-refractivity contribution in [2.45, 2.75) is 41.9 Å². The minimum Gasteiger partial charge on any atom is -0.481 e. The summed E-state index contributed by atoms with van der Waals surface area (Å²) >= 11 is 3.34. The van der Waals surface area contributed by atoms with Crippen LogP contribution in [0.25, 0.3) is 11.0 Å². The highest BCUT2D eigenvalue weighted by molar-refractivity contribution is 7.99. The number of hydrogen-bond donors (Lipinski definition) is 4. The van der Waals surface area contributed by atoms with Gasteiger partial charge in [-0.2, -0.15) is 0 Å². The molecule has 12 heteroatoms. The summed E-state index contributed by atoms with van der Waals surface area (Å²) in [5.41, 5.74) is 19.4. The van der Waals surface area contributed by atoms with E-state index in [4.69, 9.17) is 21.7 Å². The third kappa shape index (κ3) is 9.53. The van der Waals surface area contributed by atoms with Gasteiger partial charge in [-0.05, 0) is 61.5 Å². The minimum absolute atomic E-state index is 0.802. The van der Waals surface area contributed by atoms with E-state index in [-0.39, 0.29) is 0 Å². The van der Waals surface area contributed by atoms with E-state index in [1.165, 1.54) is 11.1 Å². The van der Waals surface area contributed by atoms with Crippen molar-refractivity contribution in [2.75, 3.05) is 24.0 Å². The number of thioether (sulfide) groups is 2. The van der Waals surface area contributed by atoms with E-state index in [1.54, 1.807) is 23.5 Å². The molecular weight excluding hydrogens is 633 g/mol. The van der Waals surface area contributed by atoms with Gasteiger partial charge in [0.25, 0.3) is 0 Å². The number of hydrogen-bond acceptors (Lipinski definition) is 8. The van der Waals surface area contributed by atoms with E-state index in [0.717, 1.165) is 69.5 Å². The highest BCUT2D eigenvalue weighted by Gasteiger charge is 2.12. The van der Waals surface area contributed by atoms with Gasteiger partial charge < -0.3 is 21.7 Å². The van der Waals surface area contributed by atoms with Gasteiger partial charge in [0.15, 0.2) is 0 Å². The molecule has 0 aliphatic rings. The second-order valence-electron chi connectivity index (χ2n) is 10.4. The summed E-state index contributed by atoms with van der Waals surface area (Å²) in [6.45, 7) is 0. The average Bonchev–Trinajstić information content (AvgIpc) is 3.59. The van der Waals surface area contributed by atoms with Gasteiger partial charge in [0.1, 0.15) is 18.1 Å². The molecular formula is C35H38N6O4S2. The first-order valence-corrected chi connectivity index (χ1v) is 17.2. The summed E-state index contributed by atoms with van der Waals surface area (Å²) < 4.78 is 4.05. The van der Waals surface area contributed by atoms with Gasteiger partial charge in [-0.1, -0.05) is 60.7 Å². The third-order valence-corrected chi connectivity index (χ3v) is 8.82. The van der Waals surface area contributed by atoms with Crippen LogP contribution in [0.5, 0.6) is 0 Å². The molecule has 0 bridgehead atoms. The standard InChI is InChI=1S/2C16H17N3S.C3H4O4/c2*1-20-15-11-14-13(18-9-10-19(14)16(15)17)8-7-12-5-3-2-4-6-12;4-2(5)1-3(6)7/h2*2-6,9-11H,7-8,17H2,1H3;1H2,(H,4,5)(H,6,7). The Hall–Kier alpha value is -4.94. The zero-order valence-corrected chi connectivity index (χ0v) is 27.9. The predicted molar refractivity (Wildman–Crippen MR) is 190 cm³/mol. The molecule has 4 aromatic heterocycles. The fourth-order valence-corrected chi connectivity index (χ4v) is 6.04. The van der Waals surface area contributed by atoms with Crippen molar-refractivity contribution in [3.63, 3.8) is 0 Å². The molecule has 0 saturated carbocycles. The van der Waals surface area contributed by atoms with E-state index in [0.29, 0.717) is 0 Å². The lowest BCUT2D eigenvalue weighted by Gasteiger charge is -2.05. The molecule has 2 aromatic carbocycles. The van der Waals surface area contributed by atoms with Gasteiger partial charge in [0.2, 0.25) is 0 Å². The summed E-state index contributed by atoms with van der Waals surface area (Å²) in [6.07, 6.45) is 14.6. The molecule has 6 rings (SSSR count). The molecule has 0 aliphatic heterocycles. The number of carbonyl (C=O) groups is 2. The second-order valence-corrected chi connectivity index (χ2v) is 12.1. The largest absolute Gasteiger partial charge is 0.481 e. The van der Waals surface area contributed by atoms with Crippen molar-refractivity contribution in [3.8, 4) is 0 Å². The van der Waals surface area contributed by atoms with Crippen molar-refractivity contribution < 1.29 is 19.8 Å². The maximum absolute atomic E-state index is 9.43. The zero-order chi connectivity index (χ0) is 33.8. The molecule has 4 heterocycles. The molecule has 10 nitrogen and oxygen atoms in total. The normalized spacial score (nSPS) is 10.6. The van der Waals surface area contributed by atoms with Gasteiger partial charge in [0.05, 0.1) is 22.4 Å². The van der Waals surface area contributed by atoms with Crippen LogP contribution in [0, 0.1) is 0 Å². The van der Waals surface area contributed by atoms with Crippen LogP contribution in [0.2, 0.25) is 0 Å². The number of aryl methyl sites for hydroxylation is 4. The molecule has 47 heavy (non-hydrogen) atoms. The number of benzene rings is 2. The van der Waals surface area contributed by atoms with Gasteiger partial charge >= 0.3 is 11.9 Å². The number of aliphatic carboxylic acids is 2. The lowest BCUT2D eigenvalue weighted by Crippen LogP contribution is -2.03. The Balaban J connectivity index is 0.000000178. The van der Waals surface area contributed by atoms with Crippen molar-refractivity contribution in [3.05, 3.63) is 120 Å². The first-order chi connectivity index (χ1) is 22.7. The maximum atomic E-state index is 9.43. The lowest BCUT2D eigenvalue weighted by atomic mass is 10.1. The number of nitrogens with zero attached hydrogens (tertiary/aromatic N) is 4. The van der Waals surface area contributed by atoms with Crippen molar-refractivity contribution in [2.24, 2.45) is 0 Å². The van der Waals surface area contributed by atoms with Crippen LogP contribution in [0.4, 0.5) is 11.6 Å². The fraction of sp³-hybridized carbons (Fsp3) is 0.200. The van der Waals surface area contributed by atoms with Crippen LogP contribution in [-0.2, 0) is 35.3 Å². The van der Waals surface area contributed by atoms with E-state index < -0.39 is 18.4 Å². The Morgan fingerprint density at radius 2 is 1.04 bits per heavy atom. The van der Waals surface area contributed by atoms with E-state index in [2.05, 4.69) is 70.6 Å². The van der Waals surface area contributed by atoms with Crippen molar-refractivity contribution in [1.82, 2.24) is 18.8 Å². The fourth-order valence-electron chi connectivity index (χ4n) is 4.97. The highest BCUT2D eigenvalue weighted by atomic mass is 32.2. The first kappa shape index (κ1) is 34.9. The third-order valence-electron chi connectivity index (χ3n) is 7.29. The summed E-state index contributed by atoms with van der Waals surface area (Å²) in [7, 11) is 0. The first-order valence-electron chi connectivity index (χ1n) is 14.8. The summed E-state index contributed by atoms with van der Waals surface area (Å²) in [5, 5.41) is 15.4. The number of fused-ring (bicyclic) bond motifs is 2. The summed E-state index contributed by atoms with van der Waals surface area (Å²) in [5.74, 6) is -1.02. The molecule has 0 atom stereocenters. The van der Waals surface area contributed by atoms with E-state index in [9.17, 15) is 9.59 Å². The Morgan fingerprint density at radius 3 is 1.36 bits per heavy atom. The summed E-state index contributed by atoms with van der Waals surface area (Å²) in [6, 6.07) is 25.3. The van der Waals surface area contributed by atoms with E-state index >= 15 is 0 Å². The van der Waals surface area contributed by atoms with Crippen LogP contribution in [0.3, 0.4) is 0 Å². The Morgan fingerprint density at radius 1 is 0.660 bits per heavy atom. The van der Waals surface area contributed by atoms with Crippen LogP contribution < -0.4 is 11.5 Å². The lowest BCUT2D eigenvalue weighted by molar-refractivity contribution is -0.147. The number of carboxylic acid groups (broad SMARTS) is 2. The van der Waals surface area contributed by atoms with Crippen LogP contribution in [0.15, 0.2) is 107 Å².